The number of benzene rings is 2. The van der Waals surface area contributed by atoms with Crippen LogP contribution in [0.25, 0.3) is 0 Å². The fourth-order valence-corrected chi connectivity index (χ4v) is 5.44. The Labute approximate surface area is 202 Å². The van der Waals surface area contributed by atoms with Gasteiger partial charge >= 0.3 is 0 Å². The molecule has 0 aromatic heterocycles. The number of nitrogens with zero attached hydrogens (tertiary/aromatic N) is 2. The van der Waals surface area contributed by atoms with E-state index in [1.165, 1.54) is 11.6 Å². The average Bonchev–Trinajstić information content (AvgIpc) is 2.84. The summed E-state index contributed by atoms with van der Waals surface area (Å²) in [6.45, 7) is 4.41. The Morgan fingerprint density at radius 1 is 1.03 bits per heavy atom. The summed E-state index contributed by atoms with van der Waals surface area (Å²) in [6.07, 6.45) is 6.32. The van der Waals surface area contributed by atoms with E-state index in [1.807, 2.05) is 23.1 Å². The lowest BCUT2D eigenvalue weighted by Crippen LogP contribution is -2.49. The maximum Gasteiger partial charge on any atom is 0.248 e. The molecule has 0 radical (unpaired) electrons. The van der Waals surface area contributed by atoms with Crippen LogP contribution in [-0.2, 0) is 22.5 Å². The van der Waals surface area contributed by atoms with Crippen molar-refractivity contribution in [2.75, 3.05) is 46.5 Å². The quantitative estimate of drug-likeness (QED) is 0.653. The minimum Gasteiger partial charge on any atom is -0.492 e. The molecule has 4 rings (SSSR count). The largest absolute Gasteiger partial charge is 0.492 e. The van der Waals surface area contributed by atoms with E-state index in [0.717, 1.165) is 76.0 Å². The van der Waals surface area contributed by atoms with E-state index in [2.05, 4.69) is 23.1 Å². The number of carbonyl (C=O) groups excluding carboxylic acids is 1. The molecular weight excluding hydrogens is 431 g/mol. The molecule has 184 valence electrons. The molecule has 2 heterocycles. The molecule has 1 fully saturated rings. The van der Waals surface area contributed by atoms with Crippen molar-refractivity contribution in [1.82, 2.24) is 9.80 Å². The van der Waals surface area contributed by atoms with Crippen LogP contribution in [0, 0.1) is 11.2 Å². The molecule has 1 spiro atoms. The topological polar surface area (TPSA) is 42.0 Å². The lowest BCUT2D eigenvalue weighted by Gasteiger charge is -2.45. The van der Waals surface area contributed by atoms with Gasteiger partial charge in [0.15, 0.2) is 0 Å². The Morgan fingerprint density at radius 3 is 2.59 bits per heavy atom. The van der Waals surface area contributed by atoms with Crippen LogP contribution < -0.4 is 4.74 Å². The molecule has 0 N–H and O–H groups in total. The highest BCUT2D eigenvalue weighted by atomic mass is 19.1. The van der Waals surface area contributed by atoms with Gasteiger partial charge in [-0.15, -0.1) is 0 Å². The van der Waals surface area contributed by atoms with Crippen LogP contribution >= 0.6 is 0 Å². The number of fused-ring (bicyclic) bond motifs is 1. The van der Waals surface area contributed by atoms with Crippen molar-refractivity contribution in [3.8, 4) is 5.75 Å². The third-order valence-electron chi connectivity index (χ3n) is 7.40. The number of amides is 1. The summed E-state index contributed by atoms with van der Waals surface area (Å²) in [5.41, 5.74) is 2.10. The molecule has 34 heavy (non-hydrogen) atoms. The predicted molar refractivity (Wildman–Crippen MR) is 131 cm³/mol. The van der Waals surface area contributed by atoms with Crippen LogP contribution in [0.5, 0.6) is 5.75 Å². The summed E-state index contributed by atoms with van der Waals surface area (Å²) >= 11 is 0. The molecule has 0 aliphatic carbocycles. The van der Waals surface area contributed by atoms with Crippen LogP contribution in [0.2, 0.25) is 0 Å². The number of hydrogen-bond donors (Lipinski definition) is 0. The molecule has 0 saturated carbocycles. The van der Waals surface area contributed by atoms with E-state index < -0.39 is 0 Å². The van der Waals surface area contributed by atoms with E-state index in [-0.39, 0.29) is 23.7 Å². The first kappa shape index (κ1) is 24.7. The van der Waals surface area contributed by atoms with Crippen molar-refractivity contribution in [3.63, 3.8) is 0 Å². The zero-order valence-corrected chi connectivity index (χ0v) is 20.3. The summed E-state index contributed by atoms with van der Waals surface area (Å²) < 4.78 is 25.8. The van der Waals surface area contributed by atoms with E-state index in [0.29, 0.717) is 13.2 Å². The minimum atomic E-state index is -0.158. The zero-order chi connectivity index (χ0) is 23.8. The fourth-order valence-electron chi connectivity index (χ4n) is 5.44. The maximum atomic E-state index is 14.5. The number of rotatable bonds is 4. The number of piperidine rings is 1. The highest BCUT2D eigenvalue weighted by Gasteiger charge is 2.37. The number of hydrogen-bond acceptors (Lipinski definition) is 4. The first-order valence-electron chi connectivity index (χ1n) is 12.5. The zero-order valence-electron chi connectivity index (χ0n) is 20.3. The first-order chi connectivity index (χ1) is 16.6. The summed E-state index contributed by atoms with van der Waals surface area (Å²) in [4.78, 5) is 16.7. The molecule has 1 saturated heterocycles. The van der Waals surface area contributed by atoms with Gasteiger partial charge < -0.3 is 14.4 Å². The van der Waals surface area contributed by atoms with Gasteiger partial charge in [-0.3, -0.25) is 9.69 Å². The monoisotopic (exact) mass is 468 g/mol. The van der Waals surface area contributed by atoms with Gasteiger partial charge in [-0.25, -0.2) is 4.39 Å². The summed E-state index contributed by atoms with van der Waals surface area (Å²) in [7, 11) is 1.57. The lowest BCUT2D eigenvalue weighted by molar-refractivity contribution is -0.137. The molecule has 0 unspecified atom stereocenters. The molecular formula is C28H37FN2O3. The minimum absolute atomic E-state index is 0.0683. The number of carbonyl (C=O) groups is 1. The van der Waals surface area contributed by atoms with Gasteiger partial charge in [-0.2, -0.15) is 0 Å². The fraction of sp³-hybridized carbons (Fsp3) is 0.536. The van der Waals surface area contributed by atoms with Crippen molar-refractivity contribution in [2.45, 2.75) is 45.1 Å². The van der Waals surface area contributed by atoms with Crippen molar-refractivity contribution >= 4 is 5.91 Å². The third-order valence-corrected chi connectivity index (χ3v) is 7.40. The standard InChI is InChI=1S/C28H37FN2O3/c1-33-21-27(32)31-16-14-28(15-17-31)13-7-6-9-23-8-3-5-12-26(23)34-19-18-30(22-28)20-24-10-2-4-11-25(24)29/h2-5,8,10-12H,6-7,9,13-22H2,1H3. The van der Waals surface area contributed by atoms with Gasteiger partial charge in [-0.1, -0.05) is 42.8 Å². The molecule has 6 heteroatoms. The van der Waals surface area contributed by atoms with E-state index in [4.69, 9.17) is 9.47 Å². The number of likely N-dealkylation sites (tertiary alicyclic amines) is 1. The van der Waals surface area contributed by atoms with Crippen LogP contribution in [0.3, 0.4) is 0 Å². The molecule has 2 aliphatic rings. The average molecular weight is 469 g/mol. The van der Waals surface area contributed by atoms with Gasteiger partial charge in [0.2, 0.25) is 5.91 Å². The first-order valence-corrected chi connectivity index (χ1v) is 12.5. The highest BCUT2D eigenvalue weighted by Crippen LogP contribution is 2.39. The molecule has 0 bridgehead atoms. The van der Waals surface area contributed by atoms with Gasteiger partial charge in [0.1, 0.15) is 24.8 Å². The second-order valence-corrected chi connectivity index (χ2v) is 9.78. The number of aryl methyl sites for hydroxylation is 1. The molecule has 0 atom stereocenters. The second kappa shape index (κ2) is 11.8. The number of ether oxygens (including phenoxy) is 2. The highest BCUT2D eigenvalue weighted by molar-refractivity contribution is 5.77. The Hall–Kier alpha value is -2.44. The van der Waals surface area contributed by atoms with Crippen LogP contribution in [0.1, 0.15) is 43.2 Å². The summed E-state index contributed by atoms with van der Waals surface area (Å²) in [6, 6.07) is 15.4. The van der Waals surface area contributed by atoms with Crippen molar-refractivity contribution in [3.05, 3.63) is 65.5 Å². The Morgan fingerprint density at radius 2 is 1.79 bits per heavy atom. The lowest BCUT2D eigenvalue weighted by atomic mass is 9.73. The Bertz CT molecular complexity index is 943. The normalized spacial score (nSPS) is 19.5. The molecule has 2 aliphatic heterocycles. The van der Waals surface area contributed by atoms with Gasteiger partial charge in [0, 0.05) is 45.4 Å². The number of halogens is 1. The van der Waals surface area contributed by atoms with Gasteiger partial charge in [0.05, 0.1) is 0 Å². The number of methoxy groups -OCH3 is 1. The third kappa shape index (κ3) is 6.36. The van der Waals surface area contributed by atoms with E-state index in [9.17, 15) is 9.18 Å². The van der Waals surface area contributed by atoms with Crippen molar-refractivity contribution in [2.24, 2.45) is 5.41 Å². The summed E-state index contributed by atoms with van der Waals surface area (Å²) in [5.74, 6) is 0.876. The predicted octanol–water partition coefficient (Wildman–Crippen LogP) is 4.69. The van der Waals surface area contributed by atoms with Gasteiger partial charge in [-0.05, 0) is 55.2 Å². The van der Waals surface area contributed by atoms with Crippen molar-refractivity contribution < 1.29 is 18.7 Å². The molecule has 1 amide bonds. The van der Waals surface area contributed by atoms with Crippen LogP contribution in [-0.4, -0.2) is 62.2 Å². The Balaban J connectivity index is 1.53. The Kier molecular flexibility index (Phi) is 8.57. The van der Waals surface area contributed by atoms with E-state index in [1.54, 1.807) is 13.2 Å². The summed E-state index contributed by atoms with van der Waals surface area (Å²) in [5, 5.41) is 0. The molecule has 2 aromatic rings. The smallest absolute Gasteiger partial charge is 0.248 e. The van der Waals surface area contributed by atoms with Gasteiger partial charge in [0.25, 0.3) is 0 Å². The number of para-hydroxylation sites is 1. The van der Waals surface area contributed by atoms with Crippen LogP contribution in [0.15, 0.2) is 48.5 Å². The molecule has 5 nitrogen and oxygen atoms in total. The second-order valence-electron chi connectivity index (χ2n) is 9.78. The molecule has 2 aromatic carbocycles. The maximum absolute atomic E-state index is 14.5. The van der Waals surface area contributed by atoms with Crippen LogP contribution in [0.4, 0.5) is 4.39 Å². The van der Waals surface area contributed by atoms with Crippen molar-refractivity contribution in [1.29, 1.82) is 0 Å². The van der Waals surface area contributed by atoms with E-state index >= 15 is 0 Å². The SMILES string of the molecule is COCC(=O)N1CCC2(CCCCc3ccccc3OCCN(Cc3ccccc3F)C2)CC1.